The Morgan fingerprint density at radius 1 is 1.11 bits per heavy atom. The molecule has 0 unspecified atom stereocenters. The van der Waals surface area contributed by atoms with Crippen molar-refractivity contribution in [1.82, 2.24) is 0 Å². The summed E-state index contributed by atoms with van der Waals surface area (Å²) in [6, 6.07) is 4.24. The van der Waals surface area contributed by atoms with E-state index in [0.29, 0.717) is 5.56 Å². The maximum absolute atomic E-state index is 12.6. The van der Waals surface area contributed by atoms with Crippen LogP contribution >= 0.6 is 0 Å². The number of sulfone groups is 1. The predicted octanol–water partition coefficient (Wildman–Crippen LogP) is 2.86. The van der Waals surface area contributed by atoms with Crippen LogP contribution in [0.5, 0.6) is 5.75 Å². The Morgan fingerprint density at radius 2 is 1.67 bits per heavy atom. The standard InChI is InChI=1S/C17H24BF3O5S/c1-6-27(22,23)10-12-7-8-14(24-11-17(19,20)21)13(9-12)18-25-15(2,3)16(4,5)26-18/h7-9H,6,10-11H2,1-5H3. The van der Waals surface area contributed by atoms with Gasteiger partial charge < -0.3 is 14.0 Å². The first-order valence-corrected chi connectivity index (χ1v) is 10.4. The summed E-state index contributed by atoms with van der Waals surface area (Å²) in [5.41, 5.74) is -0.739. The second kappa shape index (κ2) is 7.29. The second-order valence-electron chi connectivity index (χ2n) is 7.54. The molecule has 0 bridgehead atoms. The lowest BCUT2D eigenvalue weighted by Gasteiger charge is -2.32. The first-order valence-electron chi connectivity index (χ1n) is 8.54. The molecule has 1 aliphatic rings. The third-order valence-corrected chi connectivity index (χ3v) is 6.45. The molecule has 152 valence electrons. The Morgan fingerprint density at radius 3 is 2.15 bits per heavy atom. The van der Waals surface area contributed by atoms with E-state index in [-0.39, 0.29) is 22.7 Å². The Bertz CT molecular complexity index is 774. The molecule has 0 saturated carbocycles. The molecule has 2 rings (SSSR count). The first-order chi connectivity index (χ1) is 12.2. The van der Waals surface area contributed by atoms with Gasteiger partial charge in [-0.1, -0.05) is 19.1 Å². The van der Waals surface area contributed by atoms with Gasteiger partial charge in [0.2, 0.25) is 0 Å². The van der Waals surface area contributed by atoms with E-state index in [1.54, 1.807) is 0 Å². The van der Waals surface area contributed by atoms with E-state index >= 15 is 0 Å². The highest BCUT2D eigenvalue weighted by molar-refractivity contribution is 7.90. The quantitative estimate of drug-likeness (QED) is 0.678. The van der Waals surface area contributed by atoms with Crippen molar-refractivity contribution >= 4 is 22.4 Å². The van der Waals surface area contributed by atoms with E-state index < -0.39 is 40.9 Å². The van der Waals surface area contributed by atoms with Crippen LogP contribution in [-0.2, 0) is 24.9 Å². The Labute approximate surface area is 158 Å². The minimum atomic E-state index is -4.50. The average molecular weight is 408 g/mol. The van der Waals surface area contributed by atoms with E-state index in [4.69, 9.17) is 14.0 Å². The Kier molecular flexibility index (Phi) is 5.95. The number of rotatable bonds is 6. The lowest BCUT2D eigenvalue weighted by atomic mass is 9.77. The van der Waals surface area contributed by atoms with Crippen molar-refractivity contribution in [3.63, 3.8) is 0 Å². The van der Waals surface area contributed by atoms with Gasteiger partial charge in [-0.05, 0) is 39.3 Å². The topological polar surface area (TPSA) is 61.8 Å². The highest BCUT2D eigenvalue weighted by Gasteiger charge is 2.52. The van der Waals surface area contributed by atoms with Crippen LogP contribution in [0.25, 0.3) is 0 Å². The number of halogens is 3. The van der Waals surface area contributed by atoms with Crippen LogP contribution < -0.4 is 10.2 Å². The lowest BCUT2D eigenvalue weighted by molar-refractivity contribution is -0.153. The fourth-order valence-electron chi connectivity index (χ4n) is 2.49. The van der Waals surface area contributed by atoms with Gasteiger partial charge in [-0.25, -0.2) is 8.42 Å². The van der Waals surface area contributed by atoms with Gasteiger partial charge in [0, 0.05) is 11.2 Å². The molecule has 1 aromatic rings. The minimum Gasteiger partial charge on any atom is -0.484 e. The van der Waals surface area contributed by atoms with Gasteiger partial charge in [-0.15, -0.1) is 0 Å². The lowest BCUT2D eigenvalue weighted by Crippen LogP contribution is -2.41. The summed E-state index contributed by atoms with van der Waals surface area (Å²) in [5.74, 6) is -0.316. The van der Waals surface area contributed by atoms with Crippen LogP contribution in [0, 0.1) is 0 Å². The monoisotopic (exact) mass is 408 g/mol. The normalized spacial score (nSPS) is 19.3. The van der Waals surface area contributed by atoms with Crippen molar-refractivity contribution in [3.8, 4) is 5.75 Å². The summed E-state index contributed by atoms with van der Waals surface area (Å²) in [5, 5.41) is 0. The maximum Gasteiger partial charge on any atom is 0.498 e. The zero-order valence-corrected chi connectivity index (χ0v) is 16.8. The van der Waals surface area contributed by atoms with Crippen LogP contribution in [0.3, 0.4) is 0 Å². The molecule has 0 spiro atoms. The highest BCUT2D eigenvalue weighted by Crippen LogP contribution is 2.37. The fraction of sp³-hybridized carbons (Fsp3) is 0.647. The van der Waals surface area contributed by atoms with Crippen molar-refractivity contribution in [2.75, 3.05) is 12.4 Å². The fourth-order valence-corrected chi connectivity index (χ4v) is 3.38. The summed E-state index contributed by atoms with van der Waals surface area (Å²) >= 11 is 0. The van der Waals surface area contributed by atoms with Crippen molar-refractivity contribution < 1.29 is 35.6 Å². The van der Waals surface area contributed by atoms with Crippen LogP contribution in [-0.4, -0.2) is 45.3 Å². The van der Waals surface area contributed by atoms with Crippen molar-refractivity contribution in [2.24, 2.45) is 0 Å². The predicted molar refractivity (Wildman–Crippen MR) is 96.9 cm³/mol. The Balaban J connectivity index is 2.40. The number of hydrogen-bond donors (Lipinski definition) is 0. The molecule has 0 N–H and O–H groups in total. The summed E-state index contributed by atoms with van der Waals surface area (Å²) in [6.07, 6.45) is -4.50. The number of benzene rings is 1. The van der Waals surface area contributed by atoms with E-state index in [1.165, 1.54) is 25.1 Å². The van der Waals surface area contributed by atoms with Gasteiger partial charge in [-0.2, -0.15) is 13.2 Å². The van der Waals surface area contributed by atoms with Gasteiger partial charge in [0.25, 0.3) is 0 Å². The third-order valence-electron chi connectivity index (χ3n) is 4.80. The highest BCUT2D eigenvalue weighted by atomic mass is 32.2. The molecule has 0 atom stereocenters. The minimum absolute atomic E-state index is 0.0366. The van der Waals surface area contributed by atoms with Gasteiger partial charge in [0.15, 0.2) is 16.4 Å². The molecule has 0 aromatic heterocycles. The molecule has 10 heteroatoms. The molecule has 5 nitrogen and oxygen atoms in total. The van der Waals surface area contributed by atoms with Crippen molar-refractivity contribution in [2.45, 2.75) is 57.7 Å². The molecule has 1 aliphatic heterocycles. The molecular weight excluding hydrogens is 384 g/mol. The van der Waals surface area contributed by atoms with Crippen LogP contribution in [0.4, 0.5) is 13.2 Å². The molecule has 1 aromatic carbocycles. The maximum atomic E-state index is 12.6. The molecule has 0 amide bonds. The summed E-state index contributed by atoms with van der Waals surface area (Å²) < 4.78 is 78.3. The molecule has 0 radical (unpaired) electrons. The molecule has 0 aliphatic carbocycles. The van der Waals surface area contributed by atoms with Crippen LogP contribution in [0.1, 0.15) is 40.2 Å². The van der Waals surface area contributed by atoms with Crippen LogP contribution in [0.2, 0.25) is 0 Å². The molecule has 1 fully saturated rings. The van der Waals surface area contributed by atoms with E-state index in [9.17, 15) is 21.6 Å². The van der Waals surface area contributed by atoms with Gasteiger partial charge in [0.1, 0.15) is 5.75 Å². The van der Waals surface area contributed by atoms with Crippen LogP contribution in [0.15, 0.2) is 18.2 Å². The zero-order valence-electron chi connectivity index (χ0n) is 16.0. The second-order valence-corrected chi connectivity index (χ2v) is 9.89. The van der Waals surface area contributed by atoms with E-state index in [0.717, 1.165) is 0 Å². The molecule has 27 heavy (non-hydrogen) atoms. The third kappa shape index (κ3) is 5.39. The van der Waals surface area contributed by atoms with E-state index in [1.807, 2.05) is 27.7 Å². The van der Waals surface area contributed by atoms with Crippen molar-refractivity contribution in [1.29, 1.82) is 0 Å². The first kappa shape index (κ1) is 22.0. The smallest absolute Gasteiger partial charge is 0.484 e. The SMILES string of the molecule is CCS(=O)(=O)Cc1ccc(OCC(F)(F)F)c(B2OC(C)(C)C(C)(C)O2)c1. The number of ether oxygens (including phenoxy) is 1. The molecular formula is C17H24BF3O5S. The molecule has 1 saturated heterocycles. The van der Waals surface area contributed by atoms with Crippen molar-refractivity contribution in [3.05, 3.63) is 23.8 Å². The Hall–Kier alpha value is -1.26. The zero-order chi connectivity index (χ0) is 20.7. The number of hydrogen-bond acceptors (Lipinski definition) is 5. The van der Waals surface area contributed by atoms with Gasteiger partial charge in [0.05, 0.1) is 17.0 Å². The largest absolute Gasteiger partial charge is 0.498 e. The van der Waals surface area contributed by atoms with Gasteiger partial charge >= 0.3 is 13.3 Å². The number of alkyl halides is 3. The van der Waals surface area contributed by atoms with Gasteiger partial charge in [-0.3, -0.25) is 0 Å². The molecule has 1 heterocycles. The summed E-state index contributed by atoms with van der Waals surface area (Å²) in [7, 11) is -4.28. The summed E-state index contributed by atoms with van der Waals surface area (Å²) in [6.45, 7) is 7.32. The average Bonchev–Trinajstić information content (AvgIpc) is 2.73. The summed E-state index contributed by atoms with van der Waals surface area (Å²) in [4.78, 5) is 0. The van der Waals surface area contributed by atoms with E-state index in [2.05, 4.69) is 0 Å².